The maximum atomic E-state index is 5.36. The van der Waals surface area contributed by atoms with E-state index in [0.29, 0.717) is 0 Å². The zero-order valence-electron chi connectivity index (χ0n) is 11.0. The number of halogens is 1. The van der Waals surface area contributed by atoms with Gasteiger partial charge in [0.15, 0.2) is 0 Å². The zero-order chi connectivity index (χ0) is 13.1. The predicted molar refractivity (Wildman–Crippen MR) is 81.6 cm³/mol. The van der Waals surface area contributed by atoms with Gasteiger partial charge < -0.3 is 9.72 Å². The molecule has 0 radical (unpaired) electrons. The lowest BCUT2D eigenvalue weighted by Crippen LogP contribution is -2.36. The number of hydrogen-bond acceptors (Lipinski definition) is 2. The first-order valence-electron chi connectivity index (χ1n) is 6.88. The number of nitrogens with one attached hydrogen (secondary N) is 1. The number of fused-ring (bicyclic) bond motifs is 1. The minimum Gasteiger partial charge on any atom is -0.379 e. The van der Waals surface area contributed by atoms with Crippen molar-refractivity contribution < 1.29 is 4.74 Å². The summed E-state index contributed by atoms with van der Waals surface area (Å²) in [6.45, 7) is 5.11. The van der Waals surface area contributed by atoms with Crippen molar-refractivity contribution in [2.75, 3.05) is 32.8 Å². The van der Waals surface area contributed by atoms with Gasteiger partial charge in [-0.25, -0.2) is 0 Å². The predicted octanol–water partition coefficient (Wildman–Crippen LogP) is 3.20. The molecule has 1 saturated heterocycles. The average molecular weight is 323 g/mol. The van der Waals surface area contributed by atoms with Crippen molar-refractivity contribution in [1.29, 1.82) is 0 Å². The molecule has 0 aliphatic carbocycles. The van der Waals surface area contributed by atoms with Gasteiger partial charge in [-0.05, 0) is 43.7 Å². The Kier molecular flexibility index (Phi) is 4.21. The first-order chi connectivity index (χ1) is 9.31. The van der Waals surface area contributed by atoms with Crippen molar-refractivity contribution in [1.82, 2.24) is 9.88 Å². The second-order valence-corrected chi connectivity index (χ2v) is 6.00. The van der Waals surface area contributed by atoms with Gasteiger partial charge >= 0.3 is 0 Å². The number of H-pyrrole nitrogens is 1. The van der Waals surface area contributed by atoms with Crippen LogP contribution in [0.4, 0.5) is 0 Å². The van der Waals surface area contributed by atoms with E-state index in [1.807, 2.05) is 0 Å². The molecule has 0 bridgehead atoms. The quantitative estimate of drug-likeness (QED) is 0.936. The highest BCUT2D eigenvalue weighted by molar-refractivity contribution is 9.10. The van der Waals surface area contributed by atoms with Gasteiger partial charge in [-0.3, -0.25) is 4.90 Å². The minimum absolute atomic E-state index is 0.889. The van der Waals surface area contributed by atoms with Crippen molar-refractivity contribution in [2.24, 2.45) is 0 Å². The fourth-order valence-corrected chi connectivity index (χ4v) is 2.99. The summed E-state index contributed by atoms with van der Waals surface area (Å²) >= 11 is 3.51. The molecule has 3 rings (SSSR count). The fraction of sp³-hybridized carbons (Fsp3) is 0.467. The summed E-state index contributed by atoms with van der Waals surface area (Å²) in [6, 6.07) is 8.64. The molecule has 102 valence electrons. The van der Waals surface area contributed by atoms with E-state index in [-0.39, 0.29) is 0 Å². The molecule has 0 spiro atoms. The van der Waals surface area contributed by atoms with Crippen LogP contribution in [0, 0.1) is 0 Å². The summed E-state index contributed by atoms with van der Waals surface area (Å²) in [5.74, 6) is 0. The van der Waals surface area contributed by atoms with Gasteiger partial charge in [0.1, 0.15) is 0 Å². The maximum absolute atomic E-state index is 5.36. The van der Waals surface area contributed by atoms with Crippen molar-refractivity contribution in [3.63, 3.8) is 0 Å². The Balaban J connectivity index is 1.56. The van der Waals surface area contributed by atoms with E-state index in [0.717, 1.165) is 37.2 Å². The minimum atomic E-state index is 0.889. The molecule has 2 heterocycles. The zero-order valence-corrected chi connectivity index (χ0v) is 12.6. The number of nitrogens with zero attached hydrogens (tertiary/aromatic N) is 1. The van der Waals surface area contributed by atoms with Gasteiger partial charge in [-0.2, -0.15) is 0 Å². The Morgan fingerprint density at radius 2 is 2.05 bits per heavy atom. The molecule has 19 heavy (non-hydrogen) atoms. The molecular formula is C15H19BrN2O. The Labute approximate surface area is 122 Å². The van der Waals surface area contributed by atoms with Crippen LogP contribution in [-0.4, -0.2) is 42.7 Å². The summed E-state index contributed by atoms with van der Waals surface area (Å²) in [6.07, 6.45) is 2.32. The molecule has 0 unspecified atom stereocenters. The van der Waals surface area contributed by atoms with Gasteiger partial charge in [0, 0.05) is 34.2 Å². The lowest BCUT2D eigenvalue weighted by Gasteiger charge is -2.26. The molecular weight excluding hydrogens is 304 g/mol. The Morgan fingerprint density at radius 3 is 2.89 bits per heavy atom. The lowest BCUT2D eigenvalue weighted by atomic mass is 10.2. The number of morpholine rings is 1. The van der Waals surface area contributed by atoms with E-state index in [1.54, 1.807) is 0 Å². The van der Waals surface area contributed by atoms with Gasteiger partial charge in [0.2, 0.25) is 0 Å². The van der Waals surface area contributed by atoms with Gasteiger partial charge in [-0.15, -0.1) is 0 Å². The van der Waals surface area contributed by atoms with Crippen LogP contribution in [0.15, 0.2) is 28.7 Å². The Morgan fingerprint density at radius 1 is 1.21 bits per heavy atom. The largest absolute Gasteiger partial charge is 0.379 e. The summed E-state index contributed by atoms with van der Waals surface area (Å²) < 4.78 is 6.50. The summed E-state index contributed by atoms with van der Waals surface area (Å²) in [5, 5.41) is 1.29. The molecule has 1 aromatic carbocycles. The average Bonchev–Trinajstić information content (AvgIpc) is 2.82. The number of aromatic nitrogens is 1. The van der Waals surface area contributed by atoms with Crippen LogP contribution in [0.1, 0.15) is 12.1 Å². The maximum Gasteiger partial charge on any atom is 0.0594 e. The van der Waals surface area contributed by atoms with E-state index < -0.39 is 0 Å². The highest BCUT2D eigenvalue weighted by Gasteiger charge is 2.09. The third-order valence-electron chi connectivity index (χ3n) is 3.66. The number of ether oxygens (including phenoxy) is 1. The fourth-order valence-electron chi connectivity index (χ4n) is 2.62. The first kappa shape index (κ1) is 13.2. The molecule has 2 aromatic rings. The van der Waals surface area contributed by atoms with Crippen molar-refractivity contribution in [3.8, 4) is 0 Å². The topological polar surface area (TPSA) is 28.3 Å². The number of rotatable bonds is 4. The van der Waals surface area contributed by atoms with E-state index in [4.69, 9.17) is 4.74 Å². The van der Waals surface area contributed by atoms with Crippen molar-refractivity contribution >= 4 is 26.8 Å². The van der Waals surface area contributed by atoms with Gasteiger partial charge in [0.05, 0.1) is 13.2 Å². The molecule has 1 aromatic heterocycles. The third-order valence-corrected chi connectivity index (χ3v) is 4.16. The molecule has 1 aliphatic rings. The standard InChI is InChI=1S/C15H19BrN2O/c16-13-3-4-15-12(10-13)11-14(17-15)2-1-5-18-6-8-19-9-7-18/h3-4,10-11,17H,1-2,5-9H2. The number of hydrogen-bond donors (Lipinski definition) is 1. The van der Waals surface area contributed by atoms with Crippen LogP contribution in [0.3, 0.4) is 0 Å². The van der Waals surface area contributed by atoms with Crippen LogP contribution in [0.2, 0.25) is 0 Å². The molecule has 4 heteroatoms. The molecule has 0 saturated carbocycles. The van der Waals surface area contributed by atoms with Crippen molar-refractivity contribution in [3.05, 3.63) is 34.4 Å². The van der Waals surface area contributed by atoms with E-state index in [2.05, 4.69) is 50.1 Å². The molecule has 1 fully saturated rings. The number of benzene rings is 1. The van der Waals surface area contributed by atoms with Gasteiger partial charge in [-0.1, -0.05) is 15.9 Å². The summed E-state index contributed by atoms with van der Waals surface area (Å²) in [7, 11) is 0. The third kappa shape index (κ3) is 3.38. The van der Waals surface area contributed by atoms with E-state index >= 15 is 0 Å². The summed E-state index contributed by atoms with van der Waals surface area (Å²) in [4.78, 5) is 5.99. The first-order valence-corrected chi connectivity index (χ1v) is 7.68. The summed E-state index contributed by atoms with van der Waals surface area (Å²) in [5.41, 5.74) is 2.56. The van der Waals surface area contributed by atoms with E-state index in [1.165, 1.54) is 29.6 Å². The highest BCUT2D eigenvalue weighted by atomic mass is 79.9. The van der Waals surface area contributed by atoms with E-state index in [9.17, 15) is 0 Å². The van der Waals surface area contributed by atoms with Crippen LogP contribution in [0.5, 0.6) is 0 Å². The second-order valence-electron chi connectivity index (χ2n) is 5.08. The second kappa shape index (κ2) is 6.07. The molecule has 0 atom stereocenters. The Bertz CT molecular complexity index is 546. The molecule has 3 nitrogen and oxygen atoms in total. The lowest BCUT2D eigenvalue weighted by molar-refractivity contribution is 0.0374. The highest BCUT2D eigenvalue weighted by Crippen LogP contribution is 2.21. The molecule has 1 aliphatic heterocycles. The van der Waals surface area contributed by atoms with Crippen LogP contribution in [0.25, 0.3) is 10.9 Å². The van der Waals surface area contributed by atoms with Crippen LogP contribution < -0.4 is 0 Å². The molecule has 1 N–H and O–H groups in total. The van der Waals surface area contributed by atoms with Gasteiger partial charge in [0.25, 0.3) is 0 Å². The number of aryl methyl sites for hydroxylation is 1. The number of aromatic amines is 1. The van der Waals surface area contributed by atoms with Crippen molar-refractivity contribution in [2.45, 2.75) is 12.8 Å². The van der Waals surface area contributed by atoms with Crippen LogP contribution in [-0.2, 0) is 11.2 Å². The monoisotopic (exact) mass is 322 g/mol. The Hall–Kier alpha value is -0.840. The smallest absolute Gasteiger partial charge is 0.0594 e. The molecule has 0 amide bonds. The SMILES string of the molecule is Brc1ccc2[nH]c(CCCN3CCOCC3)cc2c1. The van der Waals surface area contributed by atoms with Crippen LogP contribution >= 0.6 is 15.9 Å². The normalized spacial score (nSPS) is 17.1.